The van der Waals surface area contributed by atoms with Gasteiger partial charge in [0.1, 0.15) is 5.75 Å². The smallest absolute Gasteiger partial charge is 0.227 e. The van der Waals surface area contributed by atoms with Gasteiger partial charge in [0, 0.05) is 37.4 Å². The van der Waals surface area contributed by atoms with Crippen LogP contribution in [-0.4, -0.2) is 51.1 Å². The number of anilines is 1. The zero-order valence-electron chi connectivity index (χ0n) is 17.6. The molecule has 166 valence electrons. The highest BCUT2D eigenvalue weighted by molar-refractivity contribution is 7.90. The van der Waals surface area contributed by atoms with Crippen molar-refractivity contribution in [1.82, 2.24) is 4.90 Å². The van der Waals surface area contributed by atoms with Crippen LogP contribution in [0.3, 0.4) is 0 Å². The summed E-state index contributed by atoms with van der Waals surface area (Å²) < 4.78 is 28.5. The number of carbonyl (C=O) groups is 2. The van der Waals surface area contributed by atoms with Crippen molar-refractivity contribution < 1.29 is 22.7 Å². The van der Waals surface area contributed by atoms with Gasteiger partial charge in [0.05, 0.1) is 11.5 Å². The van der Waals surface area contributed by atoms with Gasteiger partial charge in [0.2, 0.25) is 11.8 Å². The Balaban J connectivity index is 1.35. The molecule has 0 unspecified atom stereocenters. The fourth-order valence-electron chi connectivity index (χ4n) is 3.51. The molecular formula is C23H28N2O5S. The molecule has 2 aromatic carbocycles. The molecule has 0 atom stereocenters. The maximum absolute atomic E-state index is 12.4. The molecule has 1 N–H and O–H groups in total. The van der Waals surface area contributed by atoms with Crippen molar-refractivity contribution in [1.29, 1.82) is 0 Å². The first-order valence-electron chi connectivity index (χ1n) is 10.4. The zero-order chi connectivity index (χ0) is 22.3. The van der Waals surface area contributed by atoms with Gasteiger partial charge in [-0.05, 0) is 55.7 Å². The summed E-state index contributed by atoms with van der Waals surface area (Å²) in [4.78, 5) is 26.9. The Hall–Kier alpha value is -2.87. The zero-order valence-corrected chi connectivity index (χ0v) is 18.4. The SMILES string of the molecule is CS(=O)(=O)c1ccc(OCCCC(=O)N2CCC(C(=O)Nc3ccccc3)CC2)cc1. The van der Waals surface area contributed by atoms with Gasteiger partial charge in [-0.15, -0.1) is 0 Å². The van der Waals surface area contributed by atoms with Gasteiger partial charge in [0.15, 0.2) is 9.84 Å². The van der Waals surface area contributed by atoms with Gasteiger partial charge in [-0.25, -0.2) is 8.42 Å². The Morgan fingerprint density at radius 2 is 1.68 bits per heavy atom. The highest BCUT2D eigenvalue weighted by Crippen LogP contribution is 2.21. The fourth-order valence-corrected chi connectivity index (χ4v) is 4.14. The maximum Gasteiger partial charge on any atom is 0.227 e. The van der Waals surface area contributed by atoms with Gasteiger partial charge in [-0.1, -0.05) is 18.2 Å². The fraction of sp³-hybridized carbons (Fsp3) is 0.391. The van der Waals surface area contributed by atoms with Crippen molar-refractivity contribution in [3.05, 3.63) is 54.6 Å². The molecule has 1 aliphatic rings. The Labute approximate surface area is 183 Å². The molecule has 0 bridgehead atoms. The van der Waals surface area contributed by atoms with Crippen LogP contribution < -0.4 is 10.1 Å². The van der Waals surface area contributed by atoms with Crippen LogP contribution in [0.25, 0.3) is 0 Å². The van der Waals surface area contributed by atoms with E-state index in [0.29, 0.717) is 51.1 Å². The molecule has 2 amide bonds. The number of hydrogen-bond donors (Lipinski definition) is 1. The number of sulfone groups is 1. The number of para-hydroxylation sites is 1. The van der Waals surface area contributed by atoms with Crippen LogP contribution in [-0.2, 0) is 19.4 Å². The second kappa shape index (κ2) is 10.4. The number of benzene rings is 2. The first kappa shape index (κ1) is 22.8. The second-order valence-corrected chi connectivity index (χ2v) is 9.72. The van der Waals surface area contributed by atoms with E-state index in [9.17, 15) is 18.0 Å². The highest BCUT2D eigenvalue weighted by Gasteiger charge is 2.27. The summed E-state index contributed by atoms with van der Waals surface area (Å²) in [6.45, 7) is 1.54. The van der Waals surface area contributed by atoms with E-state index in [1.54, 1.807) is 12.1 Å². The standard InChI is InChI=1S/C23H28N2O5S/c1-31(28,29)21-11-9-20(10-12-21)30-17-5-8-22(26)25-15-13-18(14-16-25)23(27)24-19-6-3-2-4-7-19/h2-4,6-7,9-12,18H,5,8,13-17H2,1H3,(H,24,27). The van der Waals surface area contributed by atoms with E-state index >= 15 is 0 Å². The minimum Gasteiger partial charge on any atom is -0.494 e. The summed E-state index contributed by atoms with van der Waals surface area (Å²) in [6, 6.07) is 15.6. The van der Waals surface area contributed by atoms with Crippen LogP contribution in [0, 0.1) is 5.92 Å². The number of nitrogens with one attached hydrogen (secondary N) is 1. The van der Waals surface area contributed by atoms with E-state index in [0.717, 1.165) is 11.9 Å². The second-order valence-electron chi connectivity index (χ2n) is 7.71. The lowest BCUT2D eigenvalue weighted by molar-refractivity contribution is -0.134. The van der Waals surface area contributed by atoms with E-state index in [1.807, 2.05) is 35.2 Å². The molecule has 1 heterocycles. The summed E-state index contributed by atoms with van der Waals surface area (Å²) in [5.74, 6) is 0.569. The summed E-state index contributed by atoms with van der Waals surface area (Å²) in [6.07, 6.45) is 3.43. The van der Waals surface area contributed by atoms with Crippen molar-refractivity contribution in [2.45, 2.75) is 30.6 Å². The van der Waals surface area contributed by atoms with Crippen molar-refractivity contribution in [3.63, 3.8) is 0 Å². The van der Waals surface area contributed by atoms with Crippen LogP contribution in [0.2, 0.25) is 0 Å². The van der Waals surface area contributed by atoms with E-state index in [-0.39, 0.29) is 22.6 Å². The van der Waals surface area contributed by atoms with E-state index in [4.69, 9.17) is 4.74 Å². The quantitative estimate of drug-likeness (QED) is 0.632. The van der Waals surface area contributed by atoms with E-state index in [2.05, 4.69) is 5.32 Å². The number of piperidine rings is 1. The topological polar surface area (TPSA) is 92.8 Å². The molecule has 2 aromatic rings. The molecule has 1 saturated heterocycles. The number of carbonyl (C=O) groups excluding carboxylic acids is 2. The van der Waals surface area contributed by atoms with E-state index in [1.165, 1.54) is 12.1 Å². The van der Waals surface area contributed by atoms with Crippen molar-refractivity contribution in [3.8, 4) is 5.75 Å². The molecule has 0 aromatic heterocycles. The lowest BCUT2D eigenvalue weighted by Crippen LogP contribution is -2.41. The number of nitrogens with zero attached hydrogens (tertiary/aromatic N) is 1. The lowest BCUT2D eigenvalue weighted by Gasteiger charge is -2.31. The Morgan fingerprint density at radius 3 is 2.29 bits per heavy atom. The predicted molar refractivity (Wildman–Crippen MR) is 119 cm³/mol. The molecule has 8 heteroatoms. The van der Waals surface area contributed by atoms with Crippen molar-refractivity contribution >= 4 is 27.3 Å². The summed E-state index contributed by atoms with van der Waals surface area (Å²) in [7, 11) is -3.22. The van der Waals surface area contributed by atoms with Crippen LogP contribution >= 0.6 is 0 Å². The minimum absolute atomic E-state index is 0.00795. The van der Waals surface area contributed by atoms with Crippen molar-refractivity contribution in [2.75, 3.05) is 31.3 Å². The summed E-state index contributed by atoms with van der Waals surface area (Å²) in [5, 5.41) is 2.93. The predicted octanol–water partition coefficient (Wildman–Crippen LogP) is 3.13. The van der Waals surface area contributed by atoms with Crippen molar-refractivity contribution in [2.24, 2.45) is 5.92 Å². The average Bonchev–Trinajstić information content (AvgIpc) is 2.77. The molecule has 3 rings (SSSR count). The third-order valence-electron chi connectivity index (χ3n) is 5.32. The molecule has 0 aliphatic carbocycles. The molecule has 0 radical (unpaired) electrons. The van der Waals surface area contributed by atoms with Gasteiger partial charge in [0.25, 0.3) is 0 Å². The number of amides is 2. The Bertz CT molecular complexity index is 982. The van der Waals surface area contributed by atoms with Gasteiger partial charge in [-0.3, -0.25) is 9.59 Å². The monoisotopic (exact) mass is 444 g/mol. The third-order valence-corrected chi connectivity index (χ3v) is 6.44. The highest BCUT2D eigenvalue weighted by atomic mass is 32.2. The average molecular weight is 445 g/mol. The summed E-state index contributed by atoms with van der Waals surface area (Å²) in [5.41, 5.74) is 0.789. The first-order chi connectivity index (χ1) is 14.8. The third kappa shape index (κ3) is 6.82. The summed E-state index contributed by atoms with van der Waals surface area (Å²) >= 11 is 0. The Kier molecular flexibility index (Phi) is 7.68. The molecule has 31 heavy (non-hydrogen) atoms. The van der Waals surface area contributed by atoms with Crippen LogP contribution in [0.5, 0.6) is 5.75 Å². The molecule has 1 aliphatic heterocycles. The first-order valence-corrected chi connectivity index (χ1v) is 12.3. The molecule has 0 spiro atoms. The molecular weight excluding hydrogens is 416 g/mol. The van der Waals surface area contributed by atoms with Crippen LogP contribution in [0.15, 0.2) is 59.5 Å². The van der Waals surface area contributed by atoms with E-state index < -0.39 is 9.84 Å². The number of likely N-dealkylation sites (tertiary alicyclic amines) is 1. The number of ether oxygens (including phenoxy) is 1. The molecule has 0 saturated carbocycles. The number of rotatable bonds is 8. The maximum atomic E-state index is 12.4. The van der Waals surface area contributed by atoms with Gasteiger partial charge in [-0.2, -0.15) is 0 Å². The largest absolute Gasteiger partial charge is 0.494 e. The van der Waals surface area contributed by atoms with Crippen LogP contribution in [0.4, 0.5) is 5.69 Å². The minimum atomic E-state index is -3.22. The molecule has 7 nitrogen and oxygen atoms in total. The van der Waals surface area contributed by atoms with Gasteiger partial charge >= 0.3 is 0 Å². The Morgan fingerprint density at radius 1 is 1.03 bits per heavy atom. The number of hydrogen-bond acceptors (Lipinski definition) is 5. The molecule has 1 fully saturated rings. The lowest BCUT2D eigenvalue weighted by atomic mass is 9.95. The van der Waals surface area contributed by atoms with Crippen LogP contribution in [0.1, 0.15) is 25.7 Å². The normalized spacial score (nSPS) is 14.8. The van der Waals surface area contributed by atoms with Gasteiger partial charge < -0.3 is 15.0 Å².